The van der Waals surface area contributed by atoms with Gasteiger partial charge in [0, 0.05) is 17.5 Å². The van der Waals surface area contributed by atoms with E-state index in [1.54, 1.807) is 0 Å². The number of halogens is 1. The Morgan fingerprint density at radius 1 is 1.29 bits per heavy atom. The van der Waals surface area contributed by atoms with Crippen molar-refractivity contribution in [2.75, 3.05) is 0 Å². The van der Waals surface area contributed by atoms with E-state index < -0.39 is 0 Å². The minimum absolute atomic E-state index is 0.513. The maximum atomic E-state index is 5.92. The van der Waals surface area contributed by atoms with Crippen molar-refractivity contribution in [1.29, 1.82) is 0 Å². The molecule has 2 rings (SSSR count). The Bertz CT molecular complexity index is 531. The molecular weight excluding hydrogens is 234 g/mol. The molecule has 0 aliphatic rings. The van der Waals surface area contributed by atoms with Crippen LogP contribution in [-0.4, -0.2) is 14.8 Å². The van der Waals surface area contributed by atoms with Gasteiger partial charge in [0.2, 0.25) is 0 Å². The van der Waals surface area contributed by atoms with Crippen molar-refractivity contribution in [2.24, 2.45) is 0 Å². The molecule has 2 heterocycles. The normalized spacial score (nSPS) is 10.8. The quantitative estimate of drug-likeness (QED) is 0.783. The molecule has 0 fully saturated rings. The first-order valence-corrected chi connectivity index (χ1v) is 6.16. The van der Waals surface area contributed by atoms with Gasteiger partial charge in [-0.05, 0) is 32.4 Å². The van der Waals surface area contributed by atoms with Crippen LogP contribution in [-0.2, 0) is 12.4 Å². The van der Waals surface area contributed by atoms with Crippen molar-refractivity contribution >= 4 is 11.6 Å². The van der Waals surface area contributed by atoms with Crippen molar-refractivity contribution in [2.45, 2.75) is 33.2 Å². The second kappa shape index (κ2) is 4.88. The zero-order valence-corrected chi connectivity index (χ0v) is 11.1. The molecule has 0 unspecified atom stereocenters. The fourth-order valence-electron chi connectivity index (χ4n) is 1.91. The second-order valence-corrected chi connectivity index (χ2v) is 4.47. The van der Waals surface area contributed by atoms with Crippen molar-refractivity contribution in [3.63, 3.8) is 0 Å². The number of rotatable bonds is 3. The standard InChI is InChI=1S/C13H16ClN3/c1-9-5-4-6-15-13(9)8-17-11(3)12(7-14)10(2)16-17/h4-6H,7-8H2,1-3H3. The van der Waals surface area contributed by atoms with Crippen LogP contribution in [0, 0.1) is 20.8 Å². The van der Waals surface area contributed by atoms with E-state index in [0.717, 1.165) is 22.6 Å². The first-order chi connectivity index (χ1) is 8.13. The summed E-state index contributed by atoms with van der Waals surface area (Å²) in [5, 5.41) is 4.51. The molecule has 90 valence electrons. The third-order valence-corrected chi connectivity index (χ3v) is 3.35. The van der Waals surface area contributed by atoms with Crippen LogP contribution in [0.4, 0.5) is 0 Å². The SMILES string of the molecule is Cc1cccnc1Cn1nc(C)c(CCl)c1C. The highest BCUT2D eigenvalue weighted by atomic mass is 35.5. The summed E-state index contributed by atoms with van der Waals surface area (Å²) in [5.41, 5.74) is 5.50. The number of nitrogens with zero attached hydrogens (tertiary/aromatic N) is 3. The fraction of sp³-hybridized carbons (Fsp3) is 0.385. The largest absolute Gasteiger partial charge is 0.263 e. The molecule has 0 aromatic carbocycles. The zero-order valence-electron chi connectivity index (χ0n) is 10.4. The monoisotopic (exact) mass is 249 g/mol. The third kappa shape index (κ3) is 2.34. The lowest BCUT2D eigenvalue weighted by molar-refractivity contribution is 0.643. The maximum absolute atomic E-state index is 5.92. The Morgan fingerprint density at radius 2 is 2.06 bits per heavy atom. The highest BCUT2D eigenvalue weighted by molar-refractivity contribution is 6.17. The number of aromatic nitrogens is 3. The van der Waals surface area contributed by atoms with E-state index in [2.05, 4.69) is 30.0 Å². The molecule has 17 heavy (non-hydrogen) atoms. The summed E-state index contributed by atoms with van der Waals surface area (Å²) in [5.74, 6) is 0.513. The van der Waals surface area contributed by atoms with Crippen LogP contribution in [0.1, 0.15) is 28.2 Å². The Balaban J connectivity index is 2.34. The molecule has 0 radical (unpaired) electrons. The van der Waals surface area contributed by atoms with Crippen LogP contribution in [0.2, 0.25) is 0 Å². The van der Waals surface area contributed by atoms with Gasteiger partial charge in [0.05, 0.1) is 23.8 Å². The minimum Gasteiger partial charge on any atom is -0.263 e. The summed E-state index contributed by atoms with van der Waals surface area (Å²) in [4.78, 5) is 4.39. The molecule has 0 saturated heterocycles. The van der Waals surface area contributed by atoms with Gasteiger partial charge < -0.3 is 0 Å². The summed E-state index contributed by atoms with van der Waals surface area (Å²) >= 11 is 5.92. The first-order valence-electron chi connectivity index (χ1n) is 5.62. The van der Waals surface area contributed by atoms with E-state index in [0.29, 0.717) is 12.4 Å². The lowest BCUT2D eigenvalue weighted by Crippen LogP contribution is -2.07. The molecular formula is C13H16ClN3. The first kappa shape index (κ1) is 12.1. The summed E-state index contributed by atoms with van der Waals surface area (Å²) in [7, 11) is 0. The molecule has 0 spiro atoms. The topological polar surface area (TPSA) is 30.7 Å². The molecule has 2 aromatic rings. The average molecular weight is 250 g/mol. The number of hydrogen-bond donors (Lipinski definition) is 0. The molecule has 2 aromatic heterocycles. The summed E-state index contributed by atoms with van der Waals surface area (Å²) in [6.45, 7) is 6.81. The Labute approximate surface area is 106 Å². The maximum Gasteiger partial charge on any atom is 0.0837 e. The molecule has 0 N–H and O–H groups in total. The van der Waals surface area contributed by atoms with Gasteiger partial charge in [-0.25, -0.2) is 0 Å². The smallest absolute Gasteiger partial charge is 0.0837 e. The highest BCUT2D eigenvalue weighted by Gasteiger charge is 2.11. The van der Waals surface area contributed by atoms with Crippen LogP contribution in [0.5, 0.6) is 0 Å². The number of pyridine rings is 1. The van der Waals surface area contributed by atoms with Crippen LogP contribution < -0.4 is 0 Å². The van der Waals surface area contributed by atoms with Gasteiger partial charge in [0.15, 0.2) is 0 Å². The van der Waals surface area contributed by atoms with Crippen LogP contribution >= 0.6 is 11.6 Å². The van der Waals surface area contributed by atoms with Gasteiger partial charge in [-0.3, -0.25) is 9.67 Å². The third-order valence-electron chi connectivity index (χ3n) is 3.08. The van der Waals surface area contributed by atoms with Gasteiger partial charge >= 0.3 is 0 Å². The number of aryl methyl sites for hydroxylation is 2. The van der Waals surface area contributed by atoms with Crippen LogP contribution in [0.25, 0.3) is 0 Å². The Hall–Kier alpha value is -1.35. The van der Waals surface area contributed by atoms with E-state index in [9.17, 15) is 0 Å². The predicted octanol–water partition coefficient (Wildman–Crippen LogP) is 2.99. The number of alkyl halides is 1. The minimum atomic E-state index is 0.513. The van der Waals surface area contributed by atoms with Gasteiger partial charge in [0.25, 0.3) is 0 Å². The Morgan fingerprint density at radius 3 is 2.65 bits per heavy atom. The van der Waals surface area contributed by atoms with E-state index in [1.165, 1.54) is 5.56 Å². The summed E-state index contributed by atoms with van der Waals surface area (Å²) < 4.78 is 1.97. The van der Waals surface area contributed by atoms with Crippen LogP contribution in [0.15, 0.2) is 18.3 Å². The van der Waals surface area contributed by atoms with E-state index in [-0.39, 0.29) is 0 Å². The van der Waals surface area contributed by atoms with Crippen molar-refractivity contribution in [3.05, 3.63) is 46.5 Å². The summed E-state index contributed by atoms with van der Waals surface area (Å²) in [6, 6.07) is 4.01. The van der Waals surface area contributed by atoms with Gasteiger partial charge in [-0.2, -0.15) is 5.10 Å². The van der Waals surface area contributed by atoms with E-state index >= 15 is 0 Å². The number of hydrogen-bond acceptors (Lipinski definition) is 2. The van der Waals surface area contributed by atoms with Gasteiger partial charge in [-0.1, -0.05) is 6.07 Å². The molecule has 0 aliphatic heterocycles. The second-order valence-electron chi connectivity index (χ2n) is 4.21. The predicted molar refractivity (Wildman–Crippen MR) is 69.3 cm³/mol. The van der Waals surface area contributed by atoms with Gasteiger partial charge in [0.1, 0.15) is 0 Å². The lowest BCUT2D eigenvalue weighted by atomic mass is 10.2. The van der Waals surface area contributed by atoms with E-state index in [4.69, 9.17) is 11.6 Å². The molecule has 4 heteroatoms. The van der Waals surface area contributed by atoms with E-state index in [1.807, 2.05) is 23.9 Å². The summed E-state index contributed by atoms with van der Waals surface area (Å²) in [6.07, 6.45) is 1.82. The molecule has 0 aliphatic carbocycles. The molecule has 0 saturated carbocycles. The molecule has 3 nitrogen and oxygen atoms in total. The van der Waals surface area contributed by atoms with Crippen molar-refractivity contribution in [1.82, 2.24) is 14.8 Å². The van der Waals surface area contributed by atoms with Crippen LogP contribution in [0.3, 0.4) is 0 Å². The fourth-order valence-corrected chi connectivity index (χ4v) is 2.29. The van der Waals surface area contributed by atoms with Crippen molar-refractivity contribution < 1.29 is 0 Å². The zero-order chi connectivity index (χ0) is 12.4. The highest BCUT2D eigenvalue weighted by Crippen LogP contribution is 2.16. The molecule has 0 bridgehead atoms. The van der Waals surface area contributed by atoms with Gasteiger partial charge in [-0.15, -0.1) is 11.6 Å². The van der Waals surface area contributed by atoms with Crippen molar-refractivity contribution in [3.8, 4) is 0 Å². The average Bonchev–Trinajstić information content (AvgIpc) is 2.57. The molecule has 0 atom stereocenters. The lowest BCUT2D eigenvalue weighted by Gasteiger charge is -2.06. The molecule has 0 amide bonds. The Kier molecular flexibility index (Phi) is 3.48.